The third-order valence-electron chi connectivity index (χ3n) is 4.04. The molecule has 0 aliphatic carbocycles. The Labute approximate surface area is 198 Å². The van der Waals surface area contributed by atoms with Crippen LogP contribution in [-0.4, -0.2) is 52.0 Å². The molecular weight excluding hydrogens is 501 g/mol. The van der Waals surface area contributed by atoms with Crippen LogP contribution in [0.2, 0.25) is 0 Å². The Morgan fingerprint density at radius 3 is 2.61 bits per heavy atom. The van der Waals surface area contributed by atoms with Crippen LogP contribution in [0.5, 0.6) is 5.75 Å². The number of nitrogens with one attached hydrogen (secondary N) is 1. The van der Waals surface area contributed by atoms with Gasteiger partial charge in [-0.15, -0.1) is 34.4 Å². The molecule has 2 heterocycles. The highest BCUT2D eigenvalue weighted by Gasteiger charge is 2.28. The number of nitrogens with zero attached hydrogens (tertiary/aromatic N) is 1. The number of thiazole rings is 1. The van der Waals surface area contributed by atoms with Crippen molar-refractivity contribution in [2.24, 2.45) is 0 Å². The van der Waals surface area contributed by atoms with Crippen molar-refractivity contribution in [2.75, 3.05) is 23.4 Å². The smallest absolute Gasteiger partial charge is 0.422 e. The van der Waals surface area contributed by atoms with Crippen molar-refractivity contribution in [3.8, 4) is 5.75 Å². The van der Waals surface area contributed by atoms with Crippen molar-refractivity contribution < 1.29 is 37.4 Å². The number of aliphatic carboxylic acids is 1. The molecule has 0 radical (unpaired) electrons. The molecule has 0 saturated carbocycles. The number of aryl methyl sites for hydroxylation is 1. The highest BCUT2D eigenvalue weighted by Crippen LogP contribution is 2.34. The largest absolute Gasteiger partial charge is 0.484 e. The fourth-order valence-corrected chi connectivity index (χ4v) is 5.14. The van der Waals surface area contributed by atoms with E-state index in [0.29, 0.717) is 21.6 Å². The molecule has 33 heavy (non-hydrogen) atoms. The SMILES string of the molecule is CCc1cc(C(=O)c2nc3ccc(OCC(F)(F)F)cc3s2)c(NC(=O)CSCC(=O)O)s1. The summed E-state index contributed by atoms with van der Waals surface area (Å²) in [6, 6.07) is 5.88. The van der Waals surface area contributed by atoms with Gasteiger partial charge in [0.1, 0.15) is 10.8 Å². The van der Waals surface area contributed by atoms with E-state index in [9.17, 15) is 27.6 Å². The number of benzene rings is 1. The monoisotopic (exact) mass is 518 g/mol. The number of carboxylic acid groups (broad SMARTS) is 1. The third-order valence-corrected chi connectivity index (χ3v) is 7.17. The van der Waals surface area contributed by atoms with Crippen molar-refractivity contribution in [3.05, 3.63) is 39.7 Å². The van der Waals surface area contributed by atoms with E-state index in [1.165, 1.54) is 29.5 Å². The predicted octanol–water partition coefficient (Wildman–Crippen LogP) is 4.85. The molecule has 2 N–H and O–H groups in total. The molecule has 3 aromatic rings. The lowest BCUT2D eigenvalue weighted by Gasteiger charge is -2.08. The van der Waals surface area contributed by atoms with E-state index in [2.05, 4.69) is 10.3 Å². The lowest BCUT2D eigenvalue weighted by molar-refractivity contribution is -0.153. The van der Waals surface area contributed by atoms with Gasteiger partial charge in [0.15, 0.2) is 11.6 Å². The molecule has 0 fully saturated rings. The zero-order valence-corrected chi connectivity index (χ0v) is 19.5. The van der Waals surface area contributed by atoms with E-state index >= 15 is 0 Å². The third kappa shape index (κ3) is 6.92. The van der Waals surface area contributed by atoms with E-state index in [4.69, 9.17) is 9.84 Å². The van der Waals surface area contributed by atoms with Crippen LogP contribution < -0.4 is 10.1 Å². The summed E-state index contributed by atoms with van der Waals surface area (Å²) in [4.78, 5) is 41.0. The fraction of sp³-hybridized carbons (Fsp3) is 0.300. The quantitative estimate of drug-likeness (QED) is 0.370. The van der Waals surface area contributed by atoms with Gasteiger partial charge in [0, 0.05) is 4.88 Å². The van der Waals surface area contributed by atoms with Crippen LogP contribution in [0, 0.1) is 0 Å². The van der Waals surface area contributed by atoms with Crippen LogP contribution in [-0.2, 0) is 16.0 Å². The number of carbonyl (C=O) groups is 3. The normalized spacial score (nSPS) is 11.5. The van der Waals surface area contributed by atoms with Crippen LogP contribution >= 0.6 is 34.4 Å². The number of ketones is 1. The topological polar surface area (TPSA) is 106 Å². The summed E-state index contributed by atoms with van der Waals surface area (Å²) < 4.78 is 42.4. The number of hydrogen-bond donors (Lipinski definition) is 2. The number of anilines is 1. The second-order valence-electron chi connectivity index (χ2n) is 6.63. The Hall–Kier alpha value is -2.64. The molecule has 0 bridgehead atoms. The number of thioether (sulfide) groups is 1. The summed E-state index contributed by atoms with van der Waals surface area (Å²) in [6.07, 6.45) is -3.83. The summed E-state index contributed by atoms with van der Waals surface area (Å²) in [5.74, 6) is -2.19. The second-order valence-corrected chi connectivity index (χ2v) is 9.78. The number of carbonyl (C=O) groups excluding carboxylic acids is 2. The van der Waals surface area contributed by atoms with Crippen molar-refractivity contribution in [1.29, 1.82) is 0 Å². The number of carboxylic acids is 1. The summed E-state index contributed by atoms with van der Waals surface area (Å²) in [7, 11) is 0. The maximum Gasteiger partial charge on any atom is 0.422 e. The van der Waals surface area contributed by atoms with Gasteiger partial charge in [0.2, 0.25) is 11.7 Å². The second kappa shape index (κ2) is 10.5. The first kappa shape index (κ1) is 25.0. The molecule has 0 saturated heterocycles. The maximum atomic E-state index is 13.1. The molecule has 0 aliphatic heterocycles. The van der Waals surface area contributed by atoms with Crippen LogP contribution in [0.15, 0.2) is 24.3 Å². The summed E-state index contributed by atoms with van der Waals surface area (Å²) in [6.45, 7) is 0.472. The van der Waals surface area contributed by atoms with Gasteiger partial charge in [0.25, 0.3) is 0 Å². The Kier molecular flexibility index (Phi) is 7.97. The number of alkyl halides is 3. The zero-order valence-electron chi connectivity index (χ0n) is 17.0. The molecule has 0 spiro atoms. The van der Waals surface area contributed by atoms with Gasteiger partial charge < -0.3 is 15.2 Å². The molecule has 0 aliphatic rings. The highest BCUT2D eigenvalue weighted by molar-refractivity contribution is 8.00. The lowest BCUT2D eigenvalue weighted by Crippen LogP contribution is -2.19. The van der Waals surface area contributed by atoms with Crippen LogP contribution in [0.25, 0.3) is 10.2 Å². The molecule has 0 atom stereocenters. The van der Waals surface area contributed by atoms with Crippen molar-refractivity contribution in [3.63, 3.8) is 0 Å². The molecule has 3 rings (SSSR count). The van der Waals surface area contributed by atoms with E-state index in [-0.39, 0.29) is 27.8 Å². The standard InChI is InChI=1S/C20H17F3N2O5S3/c1-2-11-6-12(18(32-11)25-15(26)7-31-8-16(27)28)17(29)19-24-13-4-3-10(5-14(13)33-19)30-9-20(21,22)23/h3-6H,2,7-9H2,1H3,(H,25,26)(H,27,28). The fourth-order valence-electron chi connectivity index (χ4n) is 2.64. The Morgan fingerprint density at radius 1 is 1.18 bits per heavy atom. The van der Waals surface area contributed by atoms with Gasteiger partial charge in [-0.05, 0) is 30.7 Å². The minimum atomic E-state index is -4.47. The van der Waals surface area contributed by atoms with Gasteiger partial charge >= 0.3 is 12.1 Å². The molecule has 0 unspecified atom stereocenters. The number of aromatic nitrogens is 1. The van der Waals surface area contributed by atoms with E-state index in [1.807, 2.05) is 6.92 Å². The van der Waals surface area contributed by atoms with Gasteiger partial charge in [-0.2, -0.15) is 13.2 Å². The van der Waals surface area contributed by atoms with Crippen LogP contribution in [0.3, 0.4) is 0 Å². The van der Waals surface area contributed by atoms with Gasteiger partial charge in [0.05, 0.1) is 27.3 Å². The average Bonchev–Trinajstić information content (AvgIpc) is 3.34. The summed E-state index contributed by atoms with van der Waals surface area (Å²) in [5.41, 5.74) is 0.686. The molecule has 7 nitrogen and oxygen atoms in total. The van der Waals surface area contributed by atoms with Crippen molar-refractivity contribution >= 4 is 67.3 Å². The number of hydrogen-bond acceptors (Lipinski definition) is 8. The van der Waals surface area contributed by atoms with E-state index in [0.717, 1.165) is 28.0 Å². The Balaban J connectivity index is 1.80. The first-order valence-corrected chi connectivity index (χ1v) is 12.2. The number of thiophene rings is 1. The lowest BCUT2D eigenvalue weighted by atomic mass is 10.2. The number of rotatable bonds is 10. The molecule has 176 valence electrons. The first-order valence-electron chi connectivity index (χ1n) is 9.42. The number of amides is 1. The van der Waals surface area contributed by atoms with Crippen LogP contribution in [0.4, 0.5) is 18.2 Å². The Morgan fingerprint density at radius 2 is 1.94 bits per heavy atom. The number of fused-ring (bicyclic) bond motifs is 1. The van der Waals surface area contributed by atoms with Crippen molar-refractivity contribution in [1.82, 2.24) is 4.98 Å². The number of halogens is 3. The first-order chi connectivity index (χ1) is 15.6. The highest BCUT2D eigenvalue weighted by atomic mass is 32.2. The van der Waals surface area contributed by atoms with Gasteiger partial charge in [-0.25, -0.2) is 4.98 Å². The van der Waals surface area contributed by atoms with Crippen LogP contribution in [0.1, 0.15) is 27.2 Å². The molecule has 1 amide bonds. The minimum absolute atomic E-state index is 0.0121. The average molecular weight is 519 g/mol. The van der Waals surface area contributed by atoms with Crippen molar-refractivity contribution in [2.45, 2.75) is 19.5 Å². The molecular formula is C20H17F3N2O5S3. The Bertz CT molecular complexity index is 1190. The van der Waals surface area contributed by atoms with Gasteiger partial charge in [-0.3, -0.25) is 14.4 Å². The molecule has 13 heteroatoms. The maximum absolute atomic E-state index is 13.1. The summed E-state index contributed by atoms with van der Waals surface area (Å²) >= 11 is 3.19. The number of ether oxygens (including phenoxy) is 1. The zero-order chi connectivity index (χ0) is 24.2. The molecule has 2 aromatic heterocycles. The van der Waals surface area contributed by atoms with E-state index in [1.54, 1.807) is 6.07 Å². The van der Waals surface area contributed by atoms with Gasteiger partial charge in [-0.1, -0.05) is 6.92 Å². The molecule has 1 aromatic carbocycles. The summed E-state index contributed by atoms with van der Waals surface area (Å²) in [5, 5.41) is 11.8. The minimum Gasteiger partial charge on any atom is -0.484 e. The van der Waals surface area contributed by atoms with E-state index < -0.39 is 30.4 Å². The predicted molar refractivity (Wildman–Crippen MR) is 122 cm³/mol.